The van der Waals surface area contributed by atoms with E-state index in [1.165, 1.54) is 0 Å². The van der Waals surface area contributed by atoms with E-state index in [9.17, 15) is 35.5 Å². The van der Waals surface area contributed by atoms with Crippen LogP contribution in [0.15, 0.2) is 48.8 Å². The maximum atomic E-state index is 14.3. The molecule has 2 N–H and O–H groups in total. The van der Waals surface area contributed by atoms with Gasteiger partial charge in [-0.1, -0.05) is 0 Å². The summed E-state index contributed by atoms with van der Waals surface area (Å²) in [5.74, 6) is -5.89. The number of rotatable bonds is 4. The maximum absolute atomic E-state index is 14.3. The fraction of sp³-hybridized carbons (Fsp3) is 0.0526. The number of hydrogen-bond donors (Lipinski definition) is 2. The molecule has 0 bridgehead atoms. The van der Waals surface area contributed by atoms with Gasteiger partial charge in [0.2, 0.25) is 0 Å². The molecule has 0 aliphatic carbocycles. The second-order valence-corrected chi connectivity index (χ2v) is 5.94. The summed E-state index contributed by atoms with van der Waals surface area (Å²) in [7, 11) is 0. The van der Waals surface area contributed by atoms with Gasteiger partial charge in [0.1, 0.15) is 17.2 Å². The first-order valence-corrected chi connectivity index (χ1v) is 8.10. The number of carbonyl (C=O) groups excluding carboxylic acids is 1. The van der Waals surface area contributed by atoms with Gasteiger partial charge >= 0.3 is 6.18 Å². The summed E-state index contributed by atoms with van der Waals surface area (Å²) in [6, 6.07) is 4.63. The summed E-state index contributed by atoms with van der Waals surface area (Å²) >= 11 is 0. The highest BCUT2D eigenvalue weighted by Crippen LogP contribution is 2.37. The average molecular weight is 429 g/mol. The molecule has 30 heavy (non-hydrogen) atoms. The van der Waals surface area contributed by atoms with Crippen LogP contribution in [0.2, 0.25) is 0 Å². The monoisotopic (exact) mass is 429 g/mol. The minimum absolute atomic E-state index is 0.214. The number of aromatic nitrogens is 1. The quantitative estimate of drug-likeness (QED) is 0.527. The standard InChI is InChI=1S/C19H10F7N3O/c20-9-1-3-15(11(5-9)19(24,25)26)29-16-4-2-10(6-12(16)21)28-18(30)17-13(22)7-27-8-14(17)23/h1-8,29H,(H,28,30). The second kappa shape index (κ2) is 8.01. The molecule has 3 rings (SSSR count). The number of carbonyl (C=O) groups is 1. The average Bonchev–Trinajstić information content (AvgIpc) is 2.64. The van der Waals surface area contributed by atoms with Crippen LogP contribution in [0, 0.1) is 23.3 Å². The smallest absolute Gasteiger partial charge is 0.353 e. The Labute approximate surface area is 164 Å². The van der Waals surface area contributed by atoms with Crippen molar-refractivity contribution in [3.05, 3.63) is 83.2 Å². The van der Waals surface area contributed by atoms with Crippen molar-refractivity contribution >= 4 is 23.0 Å². The van der Waals surface area contributed by atoms with Crippen LogP contribution in [0.5, 0.6) is 0 Å². The summed E-state index contributed by atoms with van der Waals surface area (Å²) in [4.78, 5) is 15.2. The van der Waals surface area contributed by atoms with Gasteiger partial charge < -0.3 is 10.6 Å². The van der Waals surface area contributed by atoms with Gasteiger partial charge in [-0.05, 0) is 36.4 Å². The molecule has 1 amide bonds. The predicted octanol–water partition coefficient (Wildman–Crippen LogP) is 5.65. The first-order valence-electron chi connectivity index (χ1n) is 8.10. The lowest BCUT2D eigenvalue weighted by Gasteiger charge is -2.15. The zero-order valence-electron chi connectivity index (χ0n) is 14.6. The largest absolute Gasteiger partial charge is 0.418 e. The third-order valence-electron chi connectivity index (χ3n) is 3.86. The Bertz CT molecular complexity index is 1100. The van der Waals surface area contributed by atoms with Crippen LogP contribution in [-0.4, -0.2) is 10.9 Å². The SMILES string of the molecule is O=C(Nc1ccc(Nc2ccc(F)cc2C(F)(F)F)c(F)c1)c1c(F)cncc1F. The molecule has 0 fully saturated rings. The molecule has 0 saturated heterocycles. The number of hydrogen-bond acceptors (Lipinski definition) is 3. The minimum Gasteiger partial charge on any atom is -0.353 e. The van der Waals surface area contributed by atoms with Gasteiger partial charge in [0, 0.05) is 5.69 Å². The van der Waals surface area contributed by atoms with E-state index in [0.717, 1.165) is 30.3 Å². The summed E-state index contributed by atoms with van der Waals surface area (Å²) in [6.07, 6.45) is -3.66. The first kappa shape index (κ1) is 21.1. The van der Waals surface area contributed by atoms with Crippen molar-refractivity contribution in [2.45, 2.75) is 6.18 Å². The summed E-state index contributed by atoms with van der Waals surface area (Å²) < 4.78 is 93.8. The minimum atomic E-state index is -4.90. The van der Waals surface area contributed by atoms with Crippen LogP contribution in [-0.2, 0) is 6.18 Å². The van der Waals surface area contributed by atoms with Crippen molar-refractivity contribution in [2.24, 2.45) is 0 Å². The second-order valence-electron chi connectivity index (χ2n) is 5.94. The maximum Gasteiger partial charge on any atom is 0.418 e. The topological polar surface area (TPSA) is 54.0 Å². The van der Waals surface area contributed by atoms with Gasteiger partial charge in [-0.2, -0.15) is 13.2 Å². The number of amides is 1. The Kier molecular flexibility index (Phi) is 5.63. The third-order valence-corrected chi connectivity index (χ3v) is 3.86. The van der Waals surface area contributed by atoms with Crippen molar-refractivity contribution in [3.63, 3.8) is 0 Å². The van der Waals surface area contributed by atoms with Crippen LogP contribution in [0.4, 0.5) is 47.8 Å². The molecule has 0 aliphatic heterocycles. The lowest BCUT2D eigenvalue weighted by atomic mass is 10.1. The number of pyridine rings is 1. The number of anilines is 3. The first-order chi connectivity index (χ1) is 14.1. The zero-order valence-corrected chi connectivity index (χ0v) is 14.6. The molecule has 0 aliphatic rings. The molecule has 0 unspecified atom stereocenters. The van der Waals surface area contributed by atoms with Gasteiger partial charge in [0.15, 0.2) is 11.6 Å². The van der Waals surface area contributed by atoms with Crippen LogP contribution >= 0.6 is 0 Å². The fourth-order valence-electron chi connectivity index (χ4n) is 2.52. The van der Waals surface area contributed by atoms with Gasteiger partial charge in [-0.15, -0.1) is 0 Å². The summed E-state index contributed by atoms with van der Waals surface area (Å²) in [5, 5.41) is 4.27. The van der Waals surface area contributed by atoms with E-state index in [0.29, 0.717) is 12.4 Å². The van der Waals surface area contributed by atoms with Crippen LogP contribution in [0.25, 0.3) is 0 Å². The Morgan fingerprint density at radius 1 is 0.833 bits per heavy atom. The molecule has 156 valence electrons. The molecule has 0 spiro atoms. The Hall–Kier alpha value is -3.63. The summed E-state index contributed by atoms with van der Waals surface area (Å²) in [5.41, 5.74) is -3.50. The molecule has 3 aromatic rings. The molecule has 2 aromatic carbocycles. The molecular formula is C19H10F7N3O. The number of halogens is 7. The Balaban J connectivity index is 1.84. The van der Waals surface area contributed by atoms with Gasteiger partial charge in [0.25, 0.3) is 5.91 Å². The lowest BCUT2D eigenvalue weighted by molar-refractivity contribution is -0.137. The van der Waals surface area contributed by atoms with Gasteiger partial charge in [-0.25, -0.2) is 17.6 Å². The predicted molar refractivity (Wildman–Crippen MR) is 93.2 cm³/mol. The highest BCUT2D eigenvalue weighted by Gasteiger charge is 2.34. The van der Waals surface area contributed by atoms with Crippen molar-refractivity contribution in [3.8, 4) is 0 Å². The lowest BCUT2D eigenvalue weighted by Crippen LogP contribution is -2.16. The molecule has 1 heterocycles. The van der Waals surface area contributed by atoms with Crippen molar-refractivity contribution in [1.29, 1.82) is 0 Å². The summed E-state index contributed by atoms with van der Waals surface area (Å²) in [6.45, 7) is 0. The van der Waals surface area contributed by atoms with Crippen molar-refractivity contribution < 1.29 is 35.5 Å². The van der Waals surface area contributed by atoms with E-state index in [4.69, 9.17) is 0 Å². The highest BCUT2D eigenvalue weighted by molar-refractivity contribution is 6.04. The Morgan fingerprint density at radius 3 is 2.07 bits per heavy atom. The third kappa shape index (κ3) is 4.50. The van der Waals surface area contributed by atoms with Crippen molar-refractivity contribution in [2.75, 3.05) is 10.6 Å². The normalized spacial score (nSPS) is 11.3. The van der Waals surface area contributed by atoms with E-state index in [1.807, 2.05) is 0 Å². The van der Waals surface area contributed by atoms with Crippen LogP contribution in [0.3, 0.4) is 0 Å². The van der Waals surface area contributed by atoms with E-state index < -0.39 is 57.9 Å². The molecule has 4 nitrogen and oxygen atoms in total. The number of benzene rings is 2. The van der Waals surface area contributed by atoms with E-state index in [1.54, 1.807) is 0 Å². The van der Waals surface area contributed by atoms with E-state index in [-0.39, 0.29) is 11.8 Å². The zero-order chi connectivity index (χ0) is 22.1. The molecular weight excluding hydrogens is 419 g/mol. The Morgan fingerprint density at radius 2 is 1.47 bits per heavy atom. The molecule has 0 saturated carbocycles. The van der Waals surface area contributed by atoms with Crippen LogP contribution in [0.1, 0.15) is 15.9 Å². The molecule has 0 atom stereocenters. The van der Waals surface area contributed by atoms with Gasteiger partial charge in [-0.3, -0.25) is 9.78 Å². The van der Waals surface area contributed by atoms with E-state index >= 15 is 0 Å². The number of nitrogens with one attached hydrogen (secondary N) is 2. The van der Waals surface area contributed by atoms with Crippen LogP contribution < -0.4 is 10.6 Å². The molecule has 0 radical (unpaired) electrons. The number of nitrogens with zero attached hydrogens (tertiary/aromatic N) is 1. The molecule has 1 aromatic heterocycles. The fourth-order valence-corrected chi connectivity index (χ4v) is 2.52. The number of alkyl halides is 3. The molecule has 11 heteroatoms. The van der Waals surface area contributed by atoms with Gasteiger partial charge in [0.05, 0.1) is 29.3 Å². The highest BCUT2D eigenvalue weighted by atomic mass is 19.4. The van der Waals surface area contributed by atoms with Crippen molar-refractivity contribution in [1.82, 2.24) is 4.98 Å². The van der Waals surface area contributed by atoms with E-state index in [2.05, 4.69) is 15.6 Å².